The fraction of sp³-hybridized carbons (Fsp3) is 0.263. The molecule has 0 fully saturated rings. The second-order valence-electron chi connectivity index (χ2n) is 5.36. The van der Waals surface area contributed by atoms with Gasteiger partial charge >= 0.3 is 6.03 Å². The van der Waals surface area contributed by atoms with Crippen molar-refractivity contribution in [2.24, 2.45) is 0 Å². The van der Waals surface area contributed by atoms with Crippen molar-refractivity contribution in [3.63, 3.8) is 0 Å². The molecule has 0 heterocycles. The van der Waals surface area contributed by atoms with Gasteiger partial charge in [0.1, 0.15) is 6.04 Å². The molecule has 0 saturated carbocycles. The highest BCUT2D eigenvalue weighted by Gasteiger charge is 2.22. The van der Waals surface area contributed by atoms with Gasteiger partial charge in [0, 0.05) is 18.8 Å². The molecular formula is C19H23N3O4. The van der Waals surface area contributed by atoms with Crippen molar-refractivity contribution >= 4 is 17.6 Å². The molecule has 7 heteroatoms. The number of urea groups is 1. The van der Waals surface area contributed by atoms with E-state index >= 15 is 0 Å². The molecule has 0 aliphatic carbocycles. The highest BCUT2D eigenvalue weighted by molar-refractivity contribution is 5.98. The topological polar surface area (TPSA) is 88.7 Å². The normalized spacial score (nSPS) is 11.2. The average molecular weight is 357 g/mol. The second-order valence-corrected chi connectivity index (χ2v) is 5.36. The Morgan fingerprint density at radius 1 is 1.08 bits per heavy atom. The van der Waals surface area contributed by atoms with Crippen LogP contribution in [0.25, 0.3) is 0 Å². The highest BCUT2D eigenvalue weighted by atomic mass is 16.5. The number of anilines is 1. The first-order chi connectivity index (χ1) is 12.6. The summed E-state index contributed by atoms with van der Waals surface area (Å²) < 4.78 is 10.8. The molecule has 3 N–H and O–H groups in total. The summed E-state index contributed by atoms with van der Waals surface area (Å²) >= 11 is 0. The lowest BCUT2D eigenvalue weighted by molar-refractivity contribution is -0.120. The van der Waals surface area contributed by atoms with E-state index in [9.17, 15) is 9.59 Å². The quantitative estimate of drug-likeness (QED) is 0.709. The number of methoxy groups -OCH3 is 1. The minimum Gasteiger partial charge on any atom is -0.493 e. The predicted molar refractivity (Wildman–Crippen MR) is 99.6 cm³/mol. The summed E-state index contributed by atoms with van der Waals surface area (Å²) in [6, 6.07) is 13.1. The second kappa shape index (κ2) is 9.31. The molecule has 2 rings (SSSR count). The Bertz CT molecular complexity index is 750. The van der Waals surface area contributed by atoms with Crippen LogP contribution in [0.4, 0.5) is 10.5 Å². The van der Waals surface area contributed by atoms with Gasteiger partial charge in [-0.25, -0.2) is 4.79 Å². The van der Waals surface area contributed by atoms with E-state index in [2.05, 4.69) is 16.0 Å². The molecule has 138 valence electrons. The zero-order valence-corrected chi connectivity index (χ0v) is 15.0. The van der Waals surface area contributed by atoms with Crippen LogP contribution in [0.3, 0.4) is 0 Å². The summed E-state index contributed by atoms with van der Waals surface area (Å²) in [4.78, 5) is 24.1. The van der Waals surface area contributed by atoms with Crippen molar-refractivity contribution in [2.45, 2.75) is 13.0 Å². The lowest BCUT2D eigenvalue weighted by Crippen LogP contribution is -2.42. The first-order valence-corrected chi connectivity index (χ1v) is 8.24. The smallest absolute Gasteiger partial charge is 0.321 e. The number of imide groups is 1. The number of hydrogen-bond donors (Lipinski definition) is 3. The summed E-state index contributed by atoms with van der Waals surface area (Å²) in [7, 11) is 3.00. The van der Waals surface area contributed by atoms with Gasteiger partial charge < -0.3 is 20.1 Å². The SMILES string of the molecule is CCOc1ccc(N[C@H](C(=O)NC(=O)NC)c2ccccc2)cc1OC. The Morgan fingerprint density at radius 3 is 2.42 bits per heavy atom. The molecule has 26 heavy (non-hydrogen) atoms. The van der Waals surface area contributed by atoms with Gasteiger partial charge in [0.2, 0.25) is 0 Å². The van der Waals surface area contributed by atoms with Crippen LogP contribution in [0.15, 0.2) is 48.5 Å². The van der Waals surface area contributed by atoms with Crippen molar-refractivity contribution in [1.29, 1.82) is 0 Å². The first kappa shape index (κ1) is 19.1. The van der Waals surface area contributed by atoms with E-state index in [-0.39, 0.29) is 0 Å². The monoisotopic (exact) mass is 357 g/mol. The summed E-state index contributed by atoms with van der Waals surface area (Å²) in [5.41, 5.74) is 1.38. The highest BCUT2D eigenvalue weighted by Crippen LogP contribution is 2.31. The lowest BCUT2D eigenvalue weighted by atomic mass is 10.1. The van der Waals surface area contributed by atoms with Crippen molar-refractivity contribution < 1.29 is 19.1 Å². The molecule has 2 aromatic rings. The van der Waals surface area contributed by atoms with Gasteiger partial charge in [0.15, 0.2) is 11.5 Å². The maximum atomic E-state index is 12.6. The zero-order valence-electron chi connectivity index (χ0n) is 15.0. The van der Waals surface area contributed by atoms with E-state index in [1.807, 2.05) is 37.3 Å². The molecule has 0 aliphatic rings. The number of carbonyl (C=O) groups is 2. The van der Waals surface area contributed by atoms with E-state index in [0.29, 0.717) is 23.8 Å². The molecule has 0 saturated heterocycles. The minimum absolute atomic E-state index is 0.469. The van der Waals surface area contributed by atoms with Crippen molar-refractivity contribution in [3.8, 4) is 11.5 Å². The maximum absolute atomic E-state index is 12.6. The predicted octanol–water partition coefficient (Wildman–Crippen LogP) is 2.70. The lowest BCUT2D eigenvalue weighted by Gasteiger charge is -2.20. The largest absolute Gasteiger partial charge is 0.493 e. The molecule has 3 amide bonds. The van der Waals surface area contributed by atoms with Gasteiger partial charge in [0.25, 0.3) is 5.91 Å². The van der Waals surface area contributed by atoms with Crippen LogP contribution >= 0.6 is 0 Å². The van der Waals surface area contributed by atoms with Gasteiger partial charge in [-0.3, -0.25) is 10.1 Å². The number of carbonyl (C=O) groups excluding carboxylic acids is 2. The zero-order chi connectivity index (χ0) is 18.9. The number of hydrogen-bond acceptors (Lipinski definition) is 5. The van der Waals surface area contributed by atoms with Gasteiger partial charge in [-0.1, -0.05) is 30.3 Å². The molecular weight excluding hydrogens is 334 g/mol. The molecule has 0 aliphatic heterocycles. The third kappa shape index (κ3) is 4.89. The third-order valence-electron chi connectivity index (χ3n) is 3.63. The van der Waals surface area contributed by atoms with Crippen LogP contribution in [0.2, 0.25) is 0 Å². The van der Waals surface area contributed by atoms with Crippen molar-refractivity contribution in [1.82, 2.24) is 10.6 Å². The Hall–Kier alpha value is -3.22. The number of amides is 3. The Morgan fingerprint density at radius 2 is 1.81 bits per heavy atom. The molecule has 0 radical (unpaired) electrons. The van der Waals surface area contributed by atoms with Crippen LogP contribution in [0, 0.1) is 0 Å². The summed E-state index contributed by atoms with van der Waals surface area (Å²) in [6.07, 6.45) is 0. The summed E-state index contributed by atoms with van der Waals surface area (Å²) in [5, 5.41) is 7.81. The molecule has 1 atom stereocenters. The van der Waals surface area contributed by atoms with Gasteiger partial charge in [0.05, 0.1) is 13.7 Å². The number of benzene rings is 2. The average Bonchev–Trinajstić information content (AvgIpc) is 2.67. The van der Waals surface area contributed by atoms with E-state index in [1.165, 1.54) is 7.05 Å². The summed E-state index contributed by atoms with van der Waals surface area (Å²) in [5.74, 6) is 0.699. The minimum atomic E-state index is -0.754. The molecule has 2 aromatic carbocycles. The fourth-order valence-corrected chi connectivity index (χ4v) is 2.39. The van der Waals surface area contributed by atoms with E-state index in [4.69, 9.17) is 9.47 Å². The Balaban J connectivity index is 2.29. The van der Waals surface area contributed by atoms with E-state index in [0.717, 1.165) is 5.56 Å². The van der Waals surface area contributed by atoms with Crippen LogP contribution < -0.4 is 25.4 Å². The first-order valence-electron chi connectivity index (χ1n) is 8.24. The number of rotatable bonds is 7. The van der Waals surface area contributed by atoms with Crippen molar-refractivity contribution in [3.05, 3.63) is 54.1 Å². The molecule has 0 unspecified atom stereocenters. The van der Waals surface area contributed by atoms with Crippen LogP contribution in [0.5, 0.6) is 11.5 Å². The summed E-state index contributed by atoms with van der Waals surface area (Å²) in [6.45, 7) is 2.41. The molecule has 0 spiro atoms. The van der Waals surface area contributed by atoms with Crippen LogP contribution in [-0.4, -0.2) is 32.7 Å². The van der Waals surface area contributed by atoms with E-state index < -0.39 is 18.0 Å². The van der Waals surface area contributed by atoms with Gasteiger partial charge in [-0.15, -0.1) is 0 Å². The Labute approximate surface area is 152 Å². The fourth-order valence-electron chi connectivity index (χ4n) is 2.39. The van der Waals surface area contributed by atoms with Gasteiger partial charge in [-0.2, -0.15) is 0 Å². The molecule has 7 nitrogen and oxygen atoms in total. The molecule has 0 bridgehead atoms. The Kier molecular flexibility index (Phi) is 6.84. The molecule has 0 aromatic heterocycles. The number of nitrogens with one attached hydrogen (secondary N) is 3. The maximum Gasteiger partial charge on any atom is 0.321 e. The van der Waals surface area contributed by atoms with Crippen molar-refractivity contribution in [2.75, 3.05) is 26.1 Å². The van der Waals surface area contributed by atoms with Gasteiger partial charge in [-0.05, 0) is 24.6 Å². The van der Waals surface area contributed by atoms with E-state index in [1.54, 1.807) is 25.3 Å². The standard InChI is InChI=1S/C19H23N3O4/c1-4-26-15-11-10-14(12-16(15)25-3)21-17(13-8-6-5-7-9-13)18(23)22-19(24)20-2/h5-12,17,21H,4H2,1-3H3,(H2,20,22,23,24)/t17-/m0/s1. The van der Waals surface area contributed by atoms with Crippen LogP contribution in [-0.2, 0) is 4.79 Å². The van der Waals surface area contributed by atoms with Crippen LogP contribution in [0.1, 0.15) is 18.5 Å². The number of ether oxygens (including phenoxy) is 2. The third-order valence-corrected chi connectivity index (χ3v) is 3.63.